The minimum absolute atomic E-state index is 0.0710. The minimum Gasteiger partial charge on any atom is -0.303 e. The van der Waals surface area contributed by atoms with Crippen molar-refractivity contribution >= 4 is 16.8 Å². The Hall–Kier alpha value is -0.0800. The smallest absolute Gasteiger partial charge is 0.226 e. The zero-order valence-electron chi connectivity index (χ0n) is 6.30. The molecule has 58 valence electrons. The van der Waals surface area contributed by atoms with Crippen molar-refractivity contribution in [3.63, 3.8) is 0 Å². The Bertz CT molecular complexity index is 139. The van der Waals surface area contributed by atoms with Crippen LogP contribution in [-0.4, -0.2) is 29.8 Å². The molecule has 2 unspecified atom stereocenters. The third-order valence-electron chi connectivity index (χ3n) is 2.21. The fourth-order valence-electron chi connectivity index (χ4n) is 1.36. The Kier molecular flexibility index (Phi) is 2.32. The summed E-state index contributed by atoms with van der Waals surface area (Å²) < 4.78 is 0. The number of rotatable bonds is 1. The monoisotopic (exact) mass is 161 g/mol. The summed E-state index contributed by atoms with van der Waals surface area (Å²) in [7, 11) is 2.02. The fourth-order valence-corrected chi connectivity index (χ4v) is 1.52. The van der Waals surface area contributed by atoms with E-state index in [1.807, 2.05) is 7.05 Å². The fraction of sp³-hybridized carbons (Fsp3) is 0.857. The molecule has 2 nitrogen and oxygen atoms in total. The summed E-state index contributed by atoms with van der Waals surface area (Å²) in [6, 6.07) is 0.507. The van der Waals surface area contributed by atoms with Crippen LogP contribution in [0.5, 0.6) is 0 Å². The molecule has 1 rings (SSSR count). The highest BCUT2D eigenvalue weighted by atomic mass is 35.5. The molecule has 0 aromatic rings. The van der Waals surface area contributed by atoms with Gasteiger partial charge in [0, 0.05) is 18.5 Å². The van der Waals surface area contributed by atoms with Crippen LogP contribution in [0.25, 0.3) is 0 Å². The van der Waals surface area contributed by atoms with Crippen LogP contribution in [0, 0.1) is 5.92 Å². The van der Waals surface area contributed by atoms with E-state index in [0.717, 1.165) is 13.0 Å². The molecule has 10 heavy (non-hydrogen) atoms. The average molecular weight is 162 g/mol. The molecule has 0 spiro atoms. The Morgan fingerprint density at radius 3 is 2.50 bits per heavy atom. The number of hydrogen-bond donors (Lipinski definition) is 0. The van der Waals surface area contributed by atoms with E-state index in [1.165, 1.54) is 0 Å². The van der Waals surface area contributed by atoms with Gasteiger partial charge in [-0.05, 0) is 32.0 Å². The summed E-state index contributed by atoms with van der Waals surface area (Å²) >= 11 is 5.35. The topological polar surface area (TPSA) is 20.3 Å². The first kappa shape index (κ1) is 8.02. The molecular formula is C7H12ClNO. The normalized spacial score (nSPS) is 34.7. The van der Waals surface area contributed by atoms with E-state index >= 15 is 0 Å². The lowest BCUT2D eigenvalue weighted by molar-refractivity contribution is -0.114. The van der Waals surface area contributed by atoms with Crippen LogP contribution >= 0.6 is 11.6 Å². The molecule has 0 aliphatic carbocycles. The predicted octanol–water partition coefficient (Wildman–Crippen LogP) is 1.09. The van der Waals surface area contributed by atoms with Gasteiger partial charge in [-0.2, -0.15) is 0 Å². The number of carbonyl (C=O) groups excluding carboxylic acids is 1. The molecule has 0 bridgehead atoms. The molecule has 3 heteroatoms. The predicted molar refractivity (Wildman–Crippen MR) is 41.1 cm³/mol. The van der Waals surface area contributed by atoms with E-state index in [-0.39, 0.29) is 11.2 Å². The second kappa shape index (κ2) is 2.89. The van der Waals surface area contributed by atoms with Crippen LogP contribution in [0.4, 0.5) is 0 Å². The average Bonchev–Trinajstić information content (AvgIpc) is 2.13. The van der Waals surface area contributed by atoms with Crippen molar-refractivity contribution in [1.82, 2.24) is 4.90 Å². The summed E-state index contributed by atoms with van der Waals surface area (Å²) in [5.41, 5.74) is 0. The van der Waals surface area contributed by atoms with E-state index < -0.39 is 0 Å². The van der Waals surface area contributed by atoms with Crippen molar-refractivity contribution in [2.75, 3.05) is 13.6 Å². The highest BCUT2D eigenvalue weighted by Gasteiger charge is 2.29. The molecule has 1 saturated heterocycles. The second-order valence-corrected chi connectivity index (χ2v) is 3.40. The summed E-state index contributed by atoms with van der Waals surface area (Å²) in [4.78, 5) is 12.8. The van der Waals surface area contributed by atoms with Gasteiger partial charge in [-0.1, -0.05) is 0 Å². The molecule has 0 saturated carbocycles. The van der Waals surface area contributed by atoms with Gasteiger partial charge in [-0.25, -0.2) is 0 Å². The maximum absolute atomic E-state index is 10.7. The first-order chi connectivity index (χ1) is 4.61. The molecule has 0 radical (unpaired) electrons. The summed E-state index contributed by atoms with van der Waals surface area (Å²) in [6.45, 7) is 2.93. The van der Waals surface area contributed by atoms with Crippen LogP contribution < -0.4 is 0 Å². The lowest BCUT2D eigenvalue weighted by Gasteiger charge is -2.12. The quantitative estimate of drug-likeness (QED) is 0.537. The number of hydrogen-bond acceptors (Lipinski definition) is 2. The van der Waals surface area contributed by atoms with E-state index in [9.17, 15) is 4.79 Å². The van der Waals surface area contributed by atoms with Crippen molar-refractivity contribution in [3.8, 4) is 0 Å². The Labute approximate surface area is 66.1 Å². The second-order valence-electron chi connectivity index (χ2n) is 3.03. The van der Waals surface area contributed by atoms with Crippen molar-refractivity contribution in [2.45, 2.75) is 19.4 Å². The first-order valence-corrected chi connectivity index (χ1v) is 3.88. The molecule has 0 amide bonds. The number of carbonyl (C=O) groups is 1. The summed E-state index contributed by atoms with van der Waals surface area (Å²) in [5, 5.41) is -0.184. The van der Waals surface area contributed by atoms with Crippen molar-refractivity contribution in [1.29, 1.82) is 0 Å². The van der Waals surface area contributed by atoms with E-state index in [4.69, 9.17) is 11.6 Å². The number of halogens is 1. The largest absolute Gasteiger partial charge is 0.303 e. The molecular weight excluding hydrogens is 150 g/mol. The third-order valence-corrected chi connectivity index (χ3v) is 2.52. The number of nitrogens with zero attached hydrogens (tertiary/aromatic N) is 1. The standard InChI is InChI=1S/C7H12ClNO/c1-5-3-6(7(8)10)4-9(5)2/h5-6H,3-4H2,1-2H3. The van der Waals surface area contributed by atoms with E-state index in [0.29, 0.717) is 6.04 Å². The zero-order chi connectivity index (χ0) is 7.72. The maximum atomic E-state index is 10.7. The van der Waals surface area contributed by atoms with Gasteiger partial charge in [0.15, 0.2) is 0 Å². The van der Waals surface area contributed by atoms with Crippen molar-refractivity contribution in [3.05, 3.63) is 0 Å². The molecule has 1 aliphatic rings. The Morgan fingerprint density at radius 1 is 1.70 bits per heavy atom. The molecule has 2 atom stereocenters. The molecule has 1 fully saturated rings. The maximum Gasteiger partial charge on any atom is 0.226 e. The minimum atomic E-state index is -0.184. The van der Waals surface area contributed by atoms with Gasteiger partial charge in [0.1, 0.15) is 0 Å². The molecule has 1 aliphatic heterocycles. The SMILES string of the molecule is CC1CC(C(=O)Cl)CN1C. The van der Waals surface area contributed by atoms with Crippen LogP contribution in [0.2, 0.25) is 0 Å². The first-order valence-electron chi connectivity index (χ1n) is 3.51. The summed E-state index contributed by atoms with van der Waals surface area (Å²) in [6.07, 6.45) is 0.916. The van der Waals surface area contributed by atoms with Gasteiger partial charge in [-0.3, -0.25) is 4.79 Å². The molecule has 0 N–H and O–H groups in total. The molecule has 1 heterocycles. The van der Waals surface area contributed by atoms with E-state index in [1.54, 1.807) is 0 Å². The summed E-state index contributed by atoms with van der Waals surface area (Å²) in [5.74, 6) is 0.0710. The molecule has 0 aromatic carbocycles. The van der Waals surface area contributed by atoms with Gasteiger partial charge in [0.05, 0.1) is 0 Å². The Balaban J connectivity index is 2.49. The lowest BCUT2D eigenvalue weighted by atomic mass is 10.1. The van der Waals surface area contributed by atoms with Gasteiger partial charge in [0.25, 0.3) is 0 Å². The van der Waals surface area contributed by atoms with Crippen molar-refractivity contribution < 1.29 is 4.79 Å². The third kappa shape index (κ3) is 1.50. The van der Waals surface area contributed by atoms with Gasteiger partial charge < -0.3 is 4.90 Å². The van der Waals surface area contributed by atoms with E-state index in [2.05, 4.69) is 11.8 Å². The Morgan fingerprint density at radius 2 is 2.30 bits per heavy atom. The zero-order valence-corrected chi connectivity index (χ0v) is 7.06. The highest BCUT2D eigenvalue weighted by molar-refractivity contribution is 6.64. The lowest BCUT2D eigenvalue weighted by Crippen LogP contribution is -2.21. The van der Waals surface area contributed by atoms with Crippen LogP contribution in [0.1, 0.15) is 13.3 Å². The number of likely N-dealkylation sites (tertiary alicyclic amines) is 1. The highest BCUT2D eigenvalue weighted by Crippen LogP contribution is 2.22. The van der Waals surface area contributed by atoms with Crippen LogP contribution in [0.15, 0.2) is 0 Å². The van der Waals surface area contributed by atoms with Crippen LogP contribution in [-0.2, 0) is 4.79 Å². The van der Waals surface area contributed by atoms with Crippen LogP contribution in [0.3, 0.4) is 0 Å². The van der Waals surface area contributed by atoms with Gasteiger partial charge in [-0.15, -0.1) is 0 Å². The van der Waals surface area contributed by atoms with Gasteiger partial charge in [0.2, 0.25) is 5.24 Å². The van der Waals surface area contributed by atoms with Gasteiger partial charge >= 0.3 is 0 Å². The van der Waals surface area contributed by atoms with Crippen molar-refractivity contribution in [2.24, 2.45) is 5.92 Å². The molecule has 0 aromatic heterocycles.